The molecule has 0 aliphatic rings. The van der Waals surface area contributed by atoms with E-state index in [4.69, 9.17) is 0 Å². The zero-order valence-corrected chi connectivity index (χ0v) is 12.5. The zero-order valence-electron chi connectivity index (χ0n) is 12.5. The van der Waals surface area contributed by atoms with Crippen LogP contribution in [0.5, 0.6) is 0 Å². The molecule has 2 rings (SSSR count). The summed E-state index contributed by atoms with van der Waals surface area (Å²) < 4.78 is 12.7. The molecule has 0 radical (unpaired) electrons. The molecule has 0 fully saturated rings. The maximum Gasteiger partial charge on any atom is 0.262 e. The van der Waals surface area contributed by atoms with E-state index in [1.165, 1.54) is 24.3 Å². The number of rotatable bonds is 5. The zero-order chi connectivity index (χ0) is 16.5. The van der Waals surface area contributed by atoms with Crippen molar-refractivity contribution in [1.29, 1.82) is 0 Å². The van der Waals surface area contributed by atoms with Crippen molar-refractivity contribution in [3.05, 3.63) is 77.6 Å². The SMILES string of the molecule is O=C(C=Cc1ccc(F)cc1)NNC(=O)CCc1ccccc1. The van der Waals surface area contributed by atoms with Crippen LogP contribution in [0.1, 0.15) is 17.5 Å². The summed E-state index contributed by atoms with van der Waals surface area (Å²) in [5.74, 6) is -1.06. The first-order valence-corrected chi connectivity index (χ1v) is 7.20. The first kappa shape index (κ1) is 16.4. The van der Waals surface area contributed by atoms with E-state index < -0.39 is 5.91 Å². The van der Waals surface area contributed by atoms with Gasteiger partial charge in [0.05, 0.1) is 0 Å². The third-order valence-corrected chi connectivity index (χ3v) is 3.11. The quantitative estimate of drug-likeness (QED) is 0.658. The van der Waals surface area contributed by atoms with Crippen LogP contribution in [0, 0.1) is 5.82 Å². The van der Waals surface area contributed by atoms with Gasteiger partial charge in [0.15, 0.2) is 0 Å². The van der Waals surface area contributed by atoms with Crippen LogP contribution in [0.2, 0.25) is 0 Å². The summed E-state index contributed by atoms with van der Waals surface area (Å²) in [6, 6.07) is 15.3. The first-order chi connectivity index (χ1) is 11.1. The van der Waals surface area contributed by atoms with Gasteiger partial charge in [-0.3, -0.25) is 20.4 Å². The molecular weight excluding hydrogens is 295 g/mol. The van der Waals surface area contributed by atoms with Crippen LogP contribution in [0.15, 0.2) is 60.7 Å². The van der Waals surface area contributed by atoms with Crippen molar-refractivity contribution >= 4 is 17.9 Å². The Morgan fingerprint density at radius 2 is 1.65 bits per heavy atom. The van der Waals surface area contributed by atoms with Crippen LogP contribution in [0.4, 0.5) is 4.39 Å². The Morgan fingerprint density at radius 1 is 0.957 bits per heavy atom. The molecule has 0 atom stereocenters. The number of halogens is 1. The lowest BCUT2D eigenvalue weighted by Crippen LogP contribution is -2.40. The topological polar surface area (TPSA) is 58.2 Å². The Balaban J connectivity index is 1.71. The summed E-state index contributed by atoms with van der Waals surface area (Å²) in [7, 11) is 0. The van der Waals surface area contributed by atoms with Gasteiger partial charge in [-0.1, -0.05) is 42.5 Å². The fourth-order valence-corrected chi connectivity index (χ4v) is 1.88. The minimum Gasteiger partial charge on any atom is -0.273 e. The molecule has 2 N–H and O–H groups in total. The molecule has 2 amide bonds. The summed E-state index contributed by atoms with van der Waals surface area (Å²) >= 11 is 0. The lowest BCUT2D eigenvalue weighted by molar-refractivity contribution is -0.126. The van der Waals surface area contributed by atoms with E-state index in [-0.39, 0.29) is 18.1 Å². The smallest absolute Gasteiger partial charge is 0.262 e. The van der Waals surface area contributed by atoms with Crippen molar-refractivity contribution in [3.8, 4) is 0 Å². The first-order valence-electron chi connectivity index (χ1n) is 7.20. The van der Waals surface area contributed by atoms with Gasteiger partial charge in [-0.15, -0.1) is 0 Å². The van der Waals surface area contributed by atoms with Crippen molar-refractivity contribution in [3.63, 3.8) is 0 Å². The molecule has 2 aromatic carbocycles. The molecule has 0 saturated heterocycles. The summed E-state index contributed by atoms with van der Waals surface area (Å²) in [5.41, 5.74) is 6.40. The van der Waals surface area contributed by atoms with Gasteiger partial charge in [-0.2, -0.15) is 0 Å². The molecule has 23 heavy (non-hydrogen) atoms. The average Bonchev–Trinajstić information content (AvgIpc) is 2.58. The number of amides is 2. The molecule has 0 aliphatic heterocycles. The van der Waals surface area contributed by atoms with E-state index in [2.05, 4.69) is 10.9 Å². The second-order valence-corrected chi connectivity index (χ2v) is 4.91. The minimum atomic E-state index is -0.456. The molecule has 0 bridgehead atoms. The molecule has 5 heteroatoms. The predicted octanol–water partition coefficient (Wildman–Crippen LogP) is 2.62. The average molecular weight is 312 g/mol. The van der Waals surface area contributed by atoms with Crippen molar-refractivity contribution in [2.75, 3.05) is 0 Å². The number of hydrogen-bond donors (Lipinski definition) is 2. The van der Waals surface area contributed by atoms with E-state index in [0.717, 1.165) is 5.56 Å². The minimum absolute atomic E-state index is 0.266. The van der Waals surface area contributed by atoms with Gasteiger partial charge in [-0.05, 0) is 35.8 Å². The van der Waals surface area contributed by atoms with Gasteiger partial charge in [0, 0.05) is 12.5 Å². The second-order valence-electron chi connectivity index (χ2n) is 4.91. The number of hydrazine groups is 1. The highest BCUT2D eigenvalue weighted by atomic mass is 19.1. The van der Waals surface area contributed by atoms with Gasteiger partial charge in [-0.25, -0.2) is 4.39 Å². The number of benzene rings is 2. The van der Waals surface area contributed by atoms with E-state index in [1.54, 1.807) is 12.1 Å². The standard InChI is InChI=1S/C18H17FN2O2/c19-16-10-6-15(7-11-16)9-13-18(23)21-20-17(22)12-8-14-4-2-1-3-5-14/h1-7,9-11,13H,8,12H2,(H,20,22)(H,21,23). The van der Waals surface area contributed by atoms with Crippen LogP contribution in [-0.2, 0) is 16.0 Å². The Labute approximate surface area is 134 Å². The van der Waals surface area contributed by atoms with Crippen LogP contribution in [0.3, 0.4) is 0 Å². The molecule has 0 aromatic heterocycles. The van der Waals surface area contributed by atoms with Gasteiger partial charge in [0.1, 0.15) is 5.82 Å². The summed E-state index contributed by atoms with van der Waals surface area (Å²) in [4.78, 5) is 23.2. The number of carbonyl (C=O) groups is 2. The fourth-order valence-electron chi connectivity index (χ4n) is 1.88. The van der Waals surface area contributed by atoms with E-state index >= 15 is 0 Å². The Kier molecular flexibility index (Phi) is 6.06. The largest absolute Gasteiger partial charge is 0.273 e. The maximum atomic E-state index is 12.7. The van der Waals surface area contributed by atoms with Crippen molar-refractivity contribution in [1.82, 2.24) is 10.9 Å². The molecule has 0 heterocycles. The van der Waals surface area contributed by atoms with Crippen LogP contribution < -0.4 is 10.9 Å². The Morgan fingerprint density at radius 3 is 2.35 bits per heavy atom. The number of carbonyl (C=O) groups excluding carboxylic acids is 2. The highest BCUT2D eigenvalue weighted by Crippen LogP contribution is 2.04. The van der Waals surface area contributed by atoms with Gasteiger partial charge in [0.25, 0.3) is 5.91 Å². The highest BCUT2D eigenvalue weighted by molar-refractivity contribution is 5.93. The highest BCUT2D eigenvalue weighted by Gasteiger charge is 2.03. The predicted molar refractivity (Wildman–Crippen MR) is 86.5 cm³/mol. The normalized spacial score (nSPS) is 10.5. The molecule has 118 valence electrons. The molecule has 2 aromatic rings. The molecule has 0 unspecified atom stereocenters. The van der Waals surface area contributed by atoms with Crippen LogP contribution >= 0.6 is 0 Å². The maximum absolute atomic E-state index is 12.7. The van der Waals surface area contributed by atoms with Crippen molar-refractivity contribution in [2.24, 2.45) is 0 Å². The van der Waals surface area contributed by atoms with Gasteiger partial charge in [0.2, 0.25) is 5.91 Å². The third kappa shape index (κ3) is 6.13. The molecule has 0 saturated carbocycles. The summed E-state index contributed by atoms with van der Waals surface area (Å²) in [6.45, 7) is 0. The van der Waals surface area contributed by atoms with E-state index in [1.807, 2.05) is 30.3 Å². The summed E-state index contributed by atoms with van der Waals surface area (Å²) in [6.07, 6.45) is 3.69. The molecule has 4 nitrogen and oxygen atoms in total. The lowest BCUT2D eigenvalue weighted by Gasteiger charge is -2.05. The summed E-state index contributed by atoms with van der Waals surface area (Å²) in [5, 5.41) is 0. The fraction of sp³-hybridized carbons (Fsp3) is 0.111. The van der Waals surface area contributed by atoms with Crippen molar-refractivity contribution in [2.45, 2.75) is 12.8 Å². The van der Waals surface area contributed by atoms with E-state index in [9.17, 15) is 14.0 Å². The lowest BCUT2D eigenvalue weighted by atomic mass is 10.1. The van der Waals surface area contributed by atoms with E-state index in [0.29, 0.717) is 12.0 Å². The number of hydrogen-bond acceptors (Lipinski definition) is 2. The van der Waals surface area contributed by atoms with Crippen LogP contribution in [0.25, 0.3) is 6.08 Å². The molecular formula is C18H17FN2O2. The number of nitrogens with one attached hydrogen (secondary N) is 2. The Hall–Kier alpha value is -2.95. The number of aryl methyl sites for hydroxylation is 1. The van der Waals surface area contributed by atoms with Crippen molar-refractivity contribution < 1.29 is 14.0 Å². The monoisotopic (exact) mass is 312 g/mol. The van der Waals surface area contributed by atoms with Gasteiger partial charge < -0.3 is 0 Å². The van der Waals surface area contributed by atoms with Crippen LogP contribution in [-0.4, -0.2) is 11.8 Å². The second kappa shape index (κ2) is 8.48. The Bertz CT molecular complexity index is 682. The van der Waals surface area contributed by atoms with Gasteiger partial charge >= 0.3 is 0 Å². The third-order valence-electron chi connectivity index (χ3n) is 3.11. The molecule has 0 spiro atoms. The molecule has 0 aliphatic carbocycles.